The molecule has 2 amide bonds. The molecule has 2 atom stereocenters. The molecule has 0 unspecified atom stereocenters. The molecule has 4 heteroatoms. The number of amides is 2. The summed E-state index contributed by atoms with van der Waals surface area (Å²) in [6.07, 6.45) is 2.06. The second kappa shape index (κ2) is 7.08. The van der Waals surface area contributed by atoms with E-state index < -0.39 is 0 Å². The molecule has 0 radical (unpaired) electrons. The van der Waals surface area contributed by atoms with E-state index in [2.05, 4.69) is 10.6 Å². The van der Waals surface area contributed by atoms with Gasteiger partial charge in [-0.15, -0.1) is 0 Å². The predicted octanol–water partition coefficient (Wildman–Crippen LogP) is 1.51. The van der Waals surface area contributed by atoms with E-state index in [4.69, 9.17) is 0 Å². The van der Waals surface area contributed by atoms with Crippen LogP contribution in [-0.2, 0) is 16.0 Å². The number of carbonyl (C=O) groups is 2. The lowest BCUT2D eigenvalue weighted by Crippen LogP contribution is -2.43. The highest BCUT2D eigenvalue weighted by Gasteiger charge is 2.30. The molecule has 1 saturated heterocycles. The largest absolute Gasteiger partial charge is 0.356 e. The lowest BCUT2D eigenvalue weighted by Gasteiger charge is -2.27. The highest BCUT2D eigenvalue weighted by molar-refractivity contribution is 5.86. The van der Waals surface area contributed by atoms with Crippen molar-refractivity contribution in [3.8, 4) is 0 Å². The van der Waals surface area contributed by atoms with Crippen molar-refractivity contribution in [2.45, 2.75) is 26.2 Å². The zero-order valence-corrected chi connectivity index (χ0v) is 11.9. The molecule has 108 valence electrons. The Labute approximate surface area is 119 Å². The van der Waals surface area contributed by atoms with Crippen LogP contribution in [0.3, 0.4) is 0 Å². The summed E-state index contributed by atoms with van der Waals surface area (Å²) in [6, 6.07) is 10.0. The van der Waals surface area contributed by atoms with Gasteiger partial charge in [-0.3, -0.25) is 9.59 Å². The molecule has 0 spiro atoms. The van der Waals surface area contributed by atoms with Crippen LogP contribution >= 0.6 is 0 Å². The van der Waals surface area contributed by atoms with Gasteiger partial charge in [0, 0.05) is 25.4 Å². The van der Waals surface area contributed by atoms with Crippen LogP contribution in [0.1, 0.15) is 25.3 Å². The number of benzene rings is 1. The number of nitrogens with one attached hydrogen (secondary N) is 2. The number of hydrogen-bond acceptors (Lipinski definition) is 2. The molecule has 4 nitrogen and oxygen atoms in total. The standard InChI is InChI=1S/C16H22N2O2/c1-12-7-9-18-16(20)14(12)11-15(19)17-10-8-13-5-3-2-4-6-13/h2-6,12,14H,7-11H2,1H3,(H,17,19)(H,18,20)/t12-,14-/m0/s1. The molecule has 20 heavy (non-hydrogen) atoms. The summed E-state index contributed by atoms with van der Waals surface area (Å²) < 4.78 is 0. The minimum atomic E-state index is -0.180. The van der Waals surface area contributed by atoms with Crippen LogP contribution in [-0.4, -0.2) is 24.9 Å². The van der Waals surface area contributed by atoms with Crippen molar-refractivity contribution in [2.24, 2.45) is 11.8 Å². The van der Waals surface area contributed by atoms with Gasteiger partial charge in [-0.1, -0.05) is 37.3 Å². The lowest BCUT2D eigenvalue weighted by molar-refractivity contribution is -0.133. The summed E-state index contributed by atoms with van der Waals surface area (Å²) in [6.45, 7) is 3.39. The number of carbonyl (C=O) groups excluding carboxylic acids is 2. The van der Waals surface area contributed by atoms with Gasteiger partial charge in [-0.2, -0.15) is 0 Å². The van der Waals surface area contributed by atoms with Crippen LogP contribution in [0.4, 0.5) is 0 Å². The first-order valence-electron chi connectivity index (χ1n) is 7.25. The van der Waals surface area contributed by atoms with E-state index in [0.717, 1.165) is 19.4 Å². The molecule has 0 bridgehead atoms. The molecular weight excluding hydrogens is 252 g/mol. The summed E-state index contributed by atoms with van der Waals surface area (Å²) in [5, 5.41) is 5.73. The van der Waals surface area contributed by atoms with Crippen molar-refractivity contribution in [3.05, 3.63) is 35.9 Å². The van der Waals surface area contributed by atoms with Crippen molar-refractivity contribution in [1.82, 2.24) is 10.6 Å². The molecule has 1 heterocycles. The van der Waals surface area contributed by atoms with Gasteiger partial charge < -0.3 is 10.6 Å². The van der Waals surface area contributed by atoms with Crippen molar-refractivity contribution < 1.29 is 9.59 Å². The summed E-state index contributed by atoms with van der Waals surface area (Å²) in [7, 11) is 0. The van der Waals surface area contributed by atoms with E-state index >= 15 is 0 Å². The molecule has 1 aliphatic rings. The maximum absolute atomic E-state index is 11.9. The number of rotatable bonds is 5. The van der Waals surface area contributed by atoms with Gasteiger partial charge in [0.2, 0.25) is 11.8 Å². The van der Waals surface area contributed by atoms with E-state index in [-0.39, 0.29) is 23.7 Å². The number of hydrogen-bond donors (Lipinski definition) is 2. The molecule has 1 fully saturated rings. The Kier molecular flexibility index (Phi) is 5.16. The highest BCUT2D eigenvalue weighted by atomic mass is 16.2. The third-order valence-electron chi connectivity index (χ3n) is 3.91. The Morgan fingerprint density at radius 1 is 1.35 bits per heavy atom. The number of piperidine rings is 1. The molecular formula is C16H22N2O2. The fraction of sp³-hybridized carbons (Fsp3) is 0.500. The summed E-state index contributed by atoms with van der Waals surface area (Å²) in [5.41, 5.74) is 1.21. The molecule has 0 saturated carbocycles. The zero-order chi connectivity index (χ0) is 14.4. The topological polar surface area (TPSA) is 58.2 Å². The predicted molar refractivity (Wildman–Crippen MR) is 78.1 cm³/mol. The van der Waals surface area contributed by atoms with Gasteiger partial charge in [0.15, 0.2) is 0 Å². The SMILES string of the molecule is C[C@H]1CCNC(=O)[C@H]1CC(=O)NCCc1ccccc1. The Balaban J connectivity index is 1.73. The third kappa shape index (κ3) is 4.08. The van der Waals surface area contributed by atoms with Crippen LogP contribution in [0, 0.1) is 11.8 Å². The molecule has 0 aliphatic carbocycles. The average Bonchev–Trinajstić information content (AvgIpc) is 2.44. The molecule has 1 aliphatic heterocycles. The Morgan fingerprint density at radius 2 is 2.10 bits per heavy atom. The minimum absolute atomic E-state index is 0.0157. The first-order chi connectivity index (χ1) is 9.66. The van der Waals surface area contributed by atoms with Gasteiger partial charge in [-0.05, 0) is 24.3 Å². The second-order valence-electron chi connectivity index (χ2n) is 5.45. The fourth-order valence-corrected chi connectivity index (χ4v) is 2.57. The molecule has 0 aromatic heterocycles. The average molecular weight is 274 g/mol. The quantitative estimate of drug-likeness (QED) is 0.855. The molecule has 1 aromatic carbocycles. The smallest absolute Gasteiger partial charge is 0.223 e. The maximum Gasteiger partial charge on any atom is 0.223 e. The zero-order valence-electron chi connectivity index (χ0n) is 11.9. The normalized spacial score (nSPS) is 22.1. The van der Waals surface area contributed by atoms with Crippen molar-refractivity contribution >= 4 is 11.8 Å². The van der Waals surface area contributed by atoms with E-state index in [1.165, 1.54) is 5.56 Å². The maximum atomic E-state index is 11.9. The van der Waals surface area contributed by atoms with E-state index in [1.54, 1.807) is 0 Å². The summed E-state index contributed by atoms with van der Waals surface area (Å²) in [4.78, 5) is 23.6. The van der Waals surface area contributed by atoms with Crippen LogP contribution in [0.25, 0.3) is 0 Å². The van der Waals surface area contributed by atoms with Gasteiger partial charge in [-0.25, -0.2) is 0 Å². The van der Waals surface area contributed by atoms with Crippen LogP contribution < -0.4 is 10.6 Å². The van der Waals surface area contributed by atoms with Crippen molar-refractivity contribution in [3.63, 3.8) is 0 Å². The molecule has 2 N–H and O–H groups in total. The van der Waals surface area contributed by atoms with Gasteiger partial charge in [0.25, 0.3) is 0 Å². The Hall–Kier alpha value is -1.84. The lowest BCUT2D eigenvalue weighted by atomic mass is 9.85. The van der Waals surface area contributed by atoms with Gasteiger partial charge >= 0.3 is 0 Å². The summed E-state index contributed by atoms with van der Waals surface area (Å²) >= 11 is 0. The first kappa shape index (κ1) is 14.6. The van der Waals surface area contributed by atoms with Crippen molar-refractivity contribution in [2.75, 3.05) is 13.1 Å². The van der Waals surface area contributed by atoms with Crippen molar-refractivity contribution in [1.29, 1.82) is 0 Å². The first-order valence-corrected chi connectivity index (χ1v) is 7.25. The Morgan fingerprint density at radius 3 is 2.80 bits per heavy atom. The molecule has 2 rings (SSSR count). The summed E-state index contributed by atoms with van der Waals surface area (Å²) in [5.74, 6) is 0.0842. The monoisotopic (exact) mass is 274 g/mol. The van der Waals surface area contributed by atoms with E-state index in [0.29, 0.717) is 13.0 Å². The van der Waals surface area contributed by atoms with E-state index in [9.17, 15) is 9.59 Å². The van der Waals surface area contributed by atoms with Gasteiger partial charge in [0.05, 0.1) is 0 Å². The third-order valence-corrected chi connectivity index (χ3v) is 3.91. The van der Waals surface area contributed by atoms with Crippen LogP contribution in [0.15, 0.2) is 30.3 Å². The van der Waals surface area contributed by atoms with Crippen LogP contribution in [0.2, 0.25) is 0 Å². The fourth-order valence-electron chi connectivity index (χ4n) is 2.57. The minimum Gasteiger partial charge on any atom is -0.356 e. The molecule has 1 aromatic rings. The van der Waals surface area contributed by atoms with Gasteiger partial charge in [0.1, 0.15) is 0 Å². The Bertz CT molecular complexity index is 459. The highest BCUT2D eigenvalue weighted by Crippen LogP contribution is 2.22. The second-order valence-corrected chi connectivity index (χ2v) is 5.45. The van der Waals surface area contributed by atoms with E-state index in [1.807, 2.05) is 37.3 Å². The van der Waals surface area contributed by atoms with Crippen LogP contribution in [0.5, 0.6) is 0 Å².